The van der Waals surface area contributed by atoms with Gasteiger partial charge in [0.25, 0.3) is 5.69 Å². The number of hydrogen-bond donors (Lipinski definition) is 2. The number of amides is 1. The maximum Gasteiger partial charge on any atom is 0.295 e. The zero-order valence-electron chi connectivity index (χ0n) is 11.1. The summed E-state index contributed by atoms with van der Waals surface area (Å²) < 4.78 is 13.7. The third-order valence-corrected chi connectivity index (χ3v) is 3.57. The van der Waals surface area contributed by atoms with Gasteiger partial charge in [0, 0.05) is 12.6 Å². The van der Waals surface area contributed by atoms with Crippen LogP contribution in [0.2, 0.25) is 0 Å². The molecule has 1 aromatic carbocycles. The Morgan fingerprint density at radius 1 is 1.55 bits per heavy atom. The molecule has 20 heavy (non-hydrogen) atoms. The lowest BCUT2D eigenvalue weighted by atomic mass is 9.82. The molecule has 1 atom stereocenters. The van der Waals surface area contributed by atoms with Crippen molar-refractivity contribution in [2.24, 2.45) is 5.41 Å². The molecule has 7 heteroatoms. The van der Waals surface area contributed by atoms with E-state index in [1.54, 1.807) is 6.92 Å². The molecule has 1 unspecified atom stereocenters. The van der Waals surface area contributed by atoms with E-state index in [0.717, 1.165) is 19.0 Å². The highest BCUT2D eigenvalue weighted by Crippen LogP contribution is 2.31. The number of benzene rings is 1. The largest absolute Gasteiger partial charge is 0.317 e. The number of carbonyl (C=O) groups is 1. The quantitative estimate of drug-likeness (QED) is 0.656. The van der Waals surface area contributed by atoms with Crippen molar-refractivity contribution in [2.75, 3.05) is 18.4 Å². The van der Waals surface area contributed by atoms with Crippen LogP contribution in [0.1, 0.15) is 19.8 Å². The van der Waals surface area contributed by atoms with E-state index in [1.165, 1.54) is 12.1 Å². The Labute approximate surface area is 115 Å². The van der Waals surface area contributed by atoms with Crippen LogP contribution in [0, 0.1) is 21.3 Å². The summed E-state index contributed by atoms with van der Waals surface area (Å²) in [6, 6.07) is 3.50. The minimum Gasteiger partial charge on any atom is -0.317 e. The molecule has 0 aromatic heterocycles. The average molecular weight is 281 g/mol. The van der Waals surface area contributed by atoms with Gasteiger partial charge in [-0.15, -0.1) is 0 Å². The molecule has 0 aliphatic carbocycles. The summed E-state index contributed by atoms with van der Waals surface area (Å²) in [4.78, 5) is 22.5. The van der Waals surface area contributed by atoms with E-state index in [-0.39, 0.29) is 5.69 Å². The molecule has 0 bridgehead atoms. The highest BCUT2D eigenvalue weighted by atomic mass is 19.1. The zero-order chi connectivity index (χ0) is 14.8. The van der Waals surface area contributed by atoms with Gasteiger partial charge >= 0.3 is 0 Å². The second kappa shape index (κ2) is 5.54. The van der Waals surface area contributed by atoms with Crippen LogP contribution in [0.5, 0.6) is 0 Å². The predicted molar refractivity (Wildman–Crippen MR) is 71.9 cm³/mol. The number of nitro benzene ring substituents is 1. The van der Waals surface area contributed by atoms with E-state index in [0.29, 0.717) is 13.0 Å². The van der Waals surface area contributed by atoms with Crippen LogP contribution in [0.3, 0.4) is 0 Å². The molecule has 1 aliphatic heterocycles. The first-order valence-corrected chi connectivity index (χ1v) is 6.39. The van der Waals surface area contributed by atoms with Crippen LogP contribution in [0.25, 0.3) is 0 Å². The summed E-state index contributed by atoms with van der Waals surface area (Å²) in [6.45, 7) is 3.07. The summed E-state index contributed by atoms with van der Waals surface area (Å²) in [5.74, 6) is -1.21. The summed E-state index contributed by atoms with van der Waals surface area (Å²) >= 11 is 0. The van der Waals surface area contributed by atoms with Crippen molar-refractivity contribution < 1.29 is 14.1 Å². The highest BCUT2D eigenvalue weighted by Gasteiger charge is 2.36. The van der Waals surface area contributed by atoms with E-state index >= 15 is 0 Å². The normalized spacial score (nSPS) is 22.3. The fourth-order valence-electron chi connectivity index (χ4n) is 2.30. The second-order valence-corrected chi connectivity index (χ2v) is 5.19. The van der Waals surface area contributed by atoms with Crippen molar-refractivity contribution in [3.05, 3.63) is 34.1 Å². The Morgan fingerprint density at radius 2 is 2.30 bits per heavy atom. The van der Waals surface area contributed by atoms with E-state index in [2.05, 4.69) is 10.6 Å². The first-order chi connectivity index (χ1) is 9.44. The first-order valence-electron chi connectivity index (χ1n) is 6.39. The van der Waals surface area contributed by atoms with Gasteiger partial charge in [-0.1, -0.05) is 6.07 Å². The van der Waals surface area contributed by atoms with Crippen molar-refractivity contribution in [1.29, 1.82) is 0 Å². The van der Waals surface area contributed by atoms with Crippen LogP contribution in [0.4, 0.5) is 15.8 Å². The zero-order valence-corrected chi connectivity index (χ0v) is 11.1. The Hall–Kier alpha value is -2.02. The molecule has 0 saturated carbocycles. The lowest BCUT2D eigenvalue weighted by Gasteiger charge is -2.32. The SMILES string of the molecule is CC1(C(=O)Nc2c(F)cccc2[N+](=O)[O-])CCCNC1. The molecule has 0 radical (unpaired) electrons. The van der Waals surface area contributed by atoms with Crippen molar-refractivity contribution in [2.45, 2.75) is 19.8 Å². The molecule has 1 fully saturated rings. The maximum atomic E-state index is 13.7. The fourth-order valence-corrected chi connectivity index (χ4v) is 2.30. The number of para-hydroxylation sites is 1. The Kier molecular flexibility index (Phi) is 3.99. The molecule has 2 rings (SSSR count). The van der Waals surface area contributed by atoms with E-state index < -0.39 is 27.8 Å². The van der Waals surface area contributed by atoms with Gasteiger partial charge in [-0.3, -0.25) is 14.9 Å². The number of nitro groups is 1. The molecule has 1 amide bonds. The number of halogens is 1. The minimum atomic E-state index is -0.806. The number of piperidine rings is 1. The summed E-state index contributed by atoms with van der Waals surface area (Å²) in [5.41, 5.74) is -1.49. The van der Waals surface area contributed by atoms with E-state index in [4.69, 9.17) is 0 Å². The number of rotatable bonds is 3. The molecule has 108 valence electrons. The van der Waals surface area contributed by atoms with Crippen molar-refractivity contribution in [3.63, 3.8) is 0 Å². The summed E-state index contributed by atoms with van der Waals surface area (Å²) in [5, 5.41) is 16.4. The summed E-state index contributed by atoms with van der Waals surface area (Å²) in [6.07, 6.45) is 1.50. The highest BCUT2D eigenvalue weighted by molar-refractivity contribution is 5.97. The number of anilines is 1. The van der Waals surface area contributed by atoms with Crippen LogP contribution >= 0.6 is 0 Å². The van der Waals surface area contributed by atoms with Crippen molar-refractivity contribution in [1.82, 2.24) is 5.32 Å². The van der Waals surface area contributed by atoms with E-state index in [9.17, 15) is 19.3 Å². The molecule has 6 nitrogen and oxygen atoms in total. The maximum absolute atomic E-state index is 13.7. The molecule has 0 spiro atoms. The molecule has 1 saturated heterocycles. The lowest BCUT2D eigenvalue weighted by molar-refractivity contribution is -0.384. The lowest BCUT2D eigenvalue weighted by Crippen LogP contribution is -2.46. The van der Waals surface area contributed by atoms with Gasteiger partial charge in [0.15, 0.2) is 11.5 Å². The standard InChI is InChI=1S/C13H16FN3O3/c1-13(6-3-7-15-8-13)12(18)16-11-9(14)4-2-5-10(11)17(19)20/h2,4-5,15H,3,6-8H2,1H3,(H,16,18). The number of nitrogens with zero attached hydrogens (tertiary/aromatic N) is 1. The average Bonchev–Trinajstić information content (AvgIpc) is 2.41. The Morgan fingerprint density at radius 3 is 2.90 bits per heavy atom. The number of nitrogens with one attached hydrogen (secondary N) is 2. The molecule has 1 aromatic rings. The topological polar surface area (TPSA) is 84.3 Å². The van der Waals surface area contributed by atoms with Gasteiger partial charge in [-0.25, -0.2) is 4.39 Å². The monoisotopic (exact) mass is 281 g/mol. The third-order valence-electron chi connectivity index (χ3n) is 3.57. The van der Waals surface area contributed by atoms with Gasteiger partial charge in [-0.05, 0) is 32.4 Å². The molecule has 2 N–H and O–H groups in total. The predicted octanol–water partition coefficient (Wildman–Crippen LogP) is 2.06. The second-order valence-electron chi connectivity index (χ2n) is 5.19. The van der Waals surface area contributed by atoms with Gasteiger partial charge in [0.1, 0.15) is 0 Å². The van der Waals surface area contributed by atoms with Gasteiger partial charge < -0.3 is 10.6 Å². The van der Waals surface area contributed by atoms with Gasteiger partial charge in [0.05, 0.1) is 10.3 Å². The van der Waals surface area contributed by atoms with Crippen LogP contribution in [-0.2, 0) is 4.79 Å². The van der Waals surface area contributed by atoms with Crippen LogP contribution in [-0.4, -0.2) is 23.9 Å². The van der Waals surface area contributed by atoms with Crippen LogP contribution < -0.4 is 10.6 Å². The van der Waals surface area contributed by atoms with Crippen LogP contribution in [0.15, 0.2) is 18.2 Å². The van der Waals surface area contributed by atoms with Crippen molar-refractivity contribution >= 4 is 17.3 Å². The molecule has 1 heterocycles. The number of hydrogen-bond acceptors (Lipinski definition) is 4. The molecule has 1 aliphatic rings. The van der Waals surface area contributed by atoms with Gasteiger partial charge in [-0.2, -0.15) is 0 Å². The minimum absolute atomic E-state index is 0.366. The fraction of sp³-hybridized carbons (Fsp3) is 0.462. The van der Waals surface area contributed by atoms with Gasteiger partial charge in [0.2, 0.25) is 5.91 Å². The van der Waals surface area contributed by atoms with E-state index in [1.807, 2.05) is 0 Å². The third kappa shape index (κ3) is 2.77. The smallest absolute Gasteiger partial charge is 0.295 e. The Balaban J connectivity index is 2.25. The van der Waals surface area contributed by atoms with Crippen molar-refractivity contribution in [3.8, 4) is 0 Å². The first kappa shape index (κ1) is 14.4. The molecular weight excluding hydrogens is 265 g/mol. The Bertz CT molecular complexity index is 542. The number of carbonyl (C=O) groups excluding carboxylic acids is 1. The molecular formula is C13H16FN3O3. The summed E-state index contributed by atoms with van der Waals surface area (Å²) in [7, 11) is 0.